The van der Waals surface area contributed by atoms with Crippen LogP contribution in [0.1, 0.15) is 16.1 Å². The average Bonchev–Trinajstić information content (AvgIpc) is 3.01. The number of aromatic nitrogens is 2. The SMILES string of the molecule is NNC(=O)c1cc(-c2ccc(Cl)cc2)n(Cc2ccc(Cl)cc2)n1. The fourth-order valence-corrected chi connectivity index (χ4v) is 2.59. The number of nitrogens with one attached hydrogen (secondary N) is 1. The summed E-state index contributed by atoms with van der Waals surface area (Å²) in [7, 11) is 0. The number of halogens is 2. The van der Waals surface area contributed by atoms with Crippen molar-refractivity contribution in [2.75, 3.05) is 0 Å². The van der Waals surface area contributed by atoms with Crippen LogP contribution in [0, 0.1) is 0 Å². The van der Waals surface area contributed by atoms with Crippen molar-refractivity contribution in [2.45, 2.75) is 6.54 Å². The second-order valence-electron chi connectivity index (χ2n) is 5.18. The summed E-state index contributed by atoms with van der Waals surface area (Å²) in [6.07, 6.45) is 0. The van der Waals surface area contributed by atoms with Crippen LogP contribution < -0.4 is 11.3 Å². The molecule has 3 aromatic rings. The van der Waals surface area contributed by atoms with Crippen LogP contribution in [0.15, 0.2) is 54.6 Å². The molecule has 7 heteroatoms. The van der Waals surface area contributed by atoms with Crippen LogP contribution in [0.25, 0.3) is 11.3 Å². The van der Waals surface area contributed by atoms with Gasteiger partial charge in [-0.1, -0.05) is 47.5 Å². The van der Waals surface area contributed by atoms with E-state index in [0.717, 1.165) is 16.8 Å². The number of carbonyl (C=O) groups is 1. The summed E-state index contributed by atoms with van der Waals surface area (Å²) >= 11 is 11.9. The smallest absolute Gasteiger partial charge is 0.285 e. The number of hydrazine groups is 1. The molecular formula is C17H14Cl2N4O. The van der Waals surface area contributed by atoms with Gasteiger partial charge in [0.15, 0.2) is 5.69 Å². The van der Waals surface area contributed by atoms with Crippen molar-refractivity contribution in [1.82, 2.24) is 15.2 Å². The molecule has 0 atom stereocenters. The molecular weight excluding hydrogens is 347 g/mol. The van der Waals surface area contributed by atoms with Crippen LogP contribution in [0.3, 0.4) is 0 Å². The minimum Gasteiger partial charge on any atom is -0.289 e. The zero-order chi connectivity index (χ0) is 17.1. The van der Waals surface area contributed by atoms with E-state index >= 15 is 0 Å². The third-order valence-corrected chi connectivity index (χ3v) is 4.03. The van der Waals surface area contributed by atoms with Gasteiger partial charge in [-0.15, -0.1) is 0 Å². The highest BCUT2D eigenvalue weighted by molar-refractivity contribution is 6.30. The third-order valence-electron chi connectivity index (χ3n) is 3.53. The second kappa shape index (κ2) is 7.05. The lowest BCUT2D eigenvalue weighted by molar-refractivity contribution is 0.0948. The van der Waals surface area contributed by atoms with Crippen molar-refractivity contribution in [3.05, 3.63) is 75.9 Å². The van der Waals surface area contributed by atoms with E-state index in [0.29, 0.717) is 16.6 Å². The Kier molecular flexibility index (Phi) is 4.85. The topological polar surface area (TPSA) is 72.9 Å². The number of nitrogens with two attached hydrogens (primary N) is 1. The highest BCUT2D eigenvalue weighted by Crippen LogP contribution is 2.24. The van der Waals surface area contributed by atoms with Gasteiger partial charge in [0.1, 0.15) is 0 Å². The van der Waals surface area contributed by atoms with Gasteiger partial charge < -0.3 is 0 Å². The molecule has 1 amide bonds. The summed E-state index contributed by atoms with van der Waals surface area (Å²) in [6.45, 7) is 0.493. The Morgan fingerprint density at radius 1 is 1.04 bits per heavy atom. The van der Waals surface area contributed by atoms with Gasteiger partial charge in [-0.2, -0.15) is 5.10 Å². The number of amides is 1. The van der Waals surface area contributed by atoms with Crippen LogP contribution >= 0.6 is 23.2 Å². The van der Waals surface area contributed by atoms with E-state index in [4.69, 9.17) is 29.0 Å². The van der Waals surface area contributed by atoms with Crippen LogP contribution in [0.2, 0.25) is 10.0 Å². The van der Waals surface area contributed by atoms with Gasteiger partial charge in [0.25, 0.3) is 5.91 Å². The van der Waals surface area contributed by atoms with Gasteiger partial charge >= 0.3 is 0 Å². The molecule has 0 saturated heterocycles. The first-order chi connectivity index (χ1) is 11.6. The van der Waals surface area contributed by atoms with Crippen molar-refractivity contribution in [1.29, 1.82) is 0 Å². The monoisotopic (exact) mass is 360 g/mol. The second-order valence-corrected chi connectivity index (χ2v) is 6.05. The van der Waals surface area contributed by atoms with Crippen molar-refractivity contribution in [3.63, 3.8) is 0 Å². The average molecular weight is 361 g/mol. The first kappa shape index (κ1) is 16.5. The van der Waals surface area contributed by atoms with E-state index in [1.165, 1.54) is 0 Å². The lowest BCUT2D eigenvalue weighted by Gasteiger charge is -2.08. The maximum absolute atomic E-state index is 11.8. The van der Waals surface area contributed by atoms with Crippen LogP contribution in [-0.4, -0.2) is 15.7 Å². The summed E-state index contributed by atoms with van der Waals surface area (Å²) in [5, 5.41) is 5.66. The molecule has 3 N–H and O–H groups in total. The summed E-state index contributed by atoms with van der Waals surface area (Å²) in [6, 6.07) is 16.5. The van der Waals surface area contributed by atoms with E-state index in [1.54, 1.807) is 22.9 Å². The Balaban J connectivity index is 2.02. The number of nitrogens with zero attached hydrogens (tertiary/aromatic N) is 2. The number of benzene rings is 2. The van der Waals surface area contributed by atoms with Gasteiger partial charge in [0.2, 0.25) is 0 Å². The van der Waals surface area contributed by atoms with Gasteiger partial charge in [0, 0.05) is 10.0 Å². The van der Waals surface area contributed by atoms with E-state index in [2.05, 4.69) is 10.5 Å². The molecule has 0 radical (unpaired) electrons. The fourth-order valence-electron chi connectivity index (χ4n) is 2.34. The molecule has 0 aliphatic rings. The molecule has 0 spiro atoms. The normalized spacial score (nSPS) is 10.6. The summed E-state index contributed by atoms with van der Waals surface area (Å²) in [4.78, 5) is 11.8. The van der Waals surface area contributed by atoms with Crippen molar-refractivity contribution < 1.29 is 4.79 Å². The summed E-state index contributed by atoms with van der Waals surface area (Å²) < 4.78 is 1.75. The first-order valence-corrected chi connectivity index (χ1v) is 7.91. The molecule has 0 aliphatic carbocycles. The Bertz CT molecular complexity index is 857. The third kappa shape index (κ3) is 3.59. The molecule has 0 aliphatic heterocycles. The summed E-state index contributed by atoms with van der Waals surface area (Å²) in [5.41, 5.74) is 5.05. The van der Waals surface area contributed by atoms with Gasteiger partial charge in [-0.3, -0.25) is 14.9 Å². The minimum atomic E-state index is -0.444. The van der Waals surface area contributed by atoms with Crippen LogP contribution in [-0.2, 0) is 6.54 Å². The number of hydrogen-bond acceptors (Lipinski definition) is 3. The number of hydrogen-bond donors (Lipinski definition) is 2. The largest absolute Gasteiger partial charge is 0.289 e. The van der Waals surface area contributed by atoms with E-state index < -0.39 is 5.91 Å². The Morgan fingerprint density at radius 2 is 1.62 bits per heavy atom. The molecule has 3 rings (SSSR count). The molecule has 0 fully saturated rings. The van der Waals surface area contributed by atoms with Gasteiger partial charge in [-0.05, 0) is 41.5 Å². The van der Waals surface area contributed by atoms with Gasteiger partial charge in [0.05, 0.1) is 12.2 Å². The van der Waals surface area contributed by atoms with Gasteiger partial charge in [-0.25, -0.2) is 5.84 Å². The standard InChI is InChI=1S/C17H14Cl2N4O/c18-13-5-1-11(2-6-13)10-23-16(9-15(22-23)17(24)21-20)12-3-7-14(19)8-4-12/h1-9H,10,20H2,(H,21,24). The van der Waals surface area contributed by atoms with Crippen molar-refractivity contribution in [3.8, 4) is 11.3 Å². The Hall–Kier alpha value is -2.34. The number of carbonyl (C=O) groups excluding carboxylic acids is 1. The zero-order valence-electron chi connectivity index (χ0n) is 12.5. The maximum Gasteiger partial charge on any atom is 0.285 e. The van der Waals surface area contributed by atoms with E-state index in [1.807, 2.05) is 36.4 Å². The highest BCUT2D eigenvalue weighted by atomic mass is 35.5. The maximum atomic E-state index is 11.8. The summed E-state index contributed by atoms with van der Waals surface area (Å²) in [5.74, 6) is 4.77. The first-order valence-electron chi connectivity index (χ1n) is 7.16. The predicted octanol–water partition coefficient (Wildman–Crippen LogP) is 3.51. The highest BCUT2D eigenvalue weighted by Gasteiger charge is 2.15. The zero-order valence-corrected chi connectivity index (χ0v) is 14.1. The molecule has 0 unspecified atom stereocenters. The lowest BCUT2D eigenvalue weighted by Crippen LogP contribution is -2.30. The minimum absolute atomic E-state index is 0.247. The molecule has 0 saturated carbocycles. The molecule has 5 nitrogen and oxygen atoms in total. The molecule has 2 aromatic carbocycles. The van der Waals surface area contributed by atoms with E-state index in [-0.39, 0.29) is 5.69 Å². The number of nitrogen functional groups attached to an aromatic ring is 1. The molecule has 1 aromatic heterocycles. The van der Waals surface area contributed by atoms with Crippen molar-refractivity contribution in [2.24, 2.45) is 5.84 Å². The predicted molar refractivity (Wildman–Crippen MR) is 94.9 cm³/mol. The fraction of sp³-hybridized carbons (Fsp3) is 0.0588. The Labute approximate surface area is 149 Å². The quantitative estimate of drug-likeness (QED) is 0.424. The molecule has 24 heavy (non-hydrogen) atoms. The number of rotatable bonds is 4. The van der Waals surface area contributed by atoms with Crippen LogP contribution in [0.5, 0.6) is 0 Å². The van der Waals surface area contributed by atoms with E-state index in [9.17, 15) is 4.79 Å². The molecule has 122 valence electrons. The lowest BCUT2D eigenvalue weighted by atomic mass is 10.1. The molecule has 1 heterocycles. The molecule has 0 bridgehead atoms. The van der Waals surface area contributed by atoms with Crippen molar-refractivity contribution >= 4 is 29.1 Å². The van der Waals surface area contributed by atoms with Crippen LogP contribution in [0.4, 0.5) is 0 Å². The Morgan fingerprint density at radius 3 is 2.21 bits per heavy atom.